The third kappa shape index (κ3) is 4.68. The Morgan fingerprint density at radius 2 is 1.65 bits per heavy atom. The molecule has 1 aliphatic carbocycles. The molecule has 10 nitrogen and oxygen atoms in total. The Morgan fingerprint density at radius 1 is 1.12 bits per heavy atom. The van der Waals surface area contributed by atoms with Gasteiger partial charge in [-0.3, -0.25) is 0 Å². The second kappa shape index (κ2) is 7.98. The first kappa shape index (κ1) is 20.1. The minimum absolute atomic E-state index is 0.0462. The van der Waals surface area contributed by atoms with Crippen molar-refractivity contribution < 1.29 is 44.9 Å². The topological polar surface area (TPSA) is 180 Å². The summed E-state index contributed by atoms with van der Waals surface area (Å²) in [5, 5.41) is 47.9. The predicted molar refractivity (Wildman–Crippen MR) is 84.2 cm³/mol. The van der Waals surface area contributed by atoms with Crippen LogP contribution in [0, 0.1) is 0 Å². The third-order valence-electron chi connectivity index (χ3n) is 4.16. The number of phenolic OH excluding ortho intramolecular Hbond substituents is 1. The van der Waals surface area contributed by atoms with Crippen molar-refractivity contribution in [2.75, 3.05) is 0 Å². The largest absolute Gasteiger partial charge is 0.508 e. The van der Waals surface area contributed by atoms with Crippen LogP contribution in [0.25, 0.3) is 0 Å². The van der Waals surface area contributed by atoms with Crippen molar-refractivity contribution in [3.8, 4) is 5.75 Å². The normalized spacial score (nSPS) is 29.7. The van der Waals surface area contributed by atoms with Crippen LogP contribution in [0.3, 0.4) is 0 Å². The van der Waals surface area contributed by atoms with E-state index in [0.29, 0.717) is 5.56 Å². The van der Waals surface area contributed by atoms with E-state index < -0.39 is 54.7 Å². The van der Waals surface area contributed by atoms with Crippen molar-refractivity contribution in [1.82, 2.24) is 0 Å². The standard InChI is InChI=1S/C16H21NO9/c17-10(5-8-1-3-9(18)4-2-8)14(22)25-26-15(23)16(24)6-11(19)13(21)12(20)7-16/h1-4,10-13,18-21,24H,5-7,17H2/t10?,11-,12-,13?,16?/m1/s1. The van der Waals surface area contributed by atoms with Gasteiger partial charge in [0.05, 0.1) is 12.2 Å². The van der Waals surface area contributed by atoms with Gasteiger partial charge in [-0.15, -0.1) is 0 Å². The van der Waals surface area contributed by atoms with Crippen molar-refractivity contribution in [1.29, 1.82) is 0 Å². The predicted octanol–water partition coefficient (Wildman–Crippen LogP) is -2.13. The minimum atomic E-state index is -2.32. The Labute approximate surface area is 148 Å². The van der Waals surface area contributed by atoms with Crippen LogP contribution in [0.1, 0.15) is 18.4 Å². The Balaban J connectivity index is 1.87. The van der Waals surface area contributed by atoms with Crippen LogP contribution in [-0.2, 0) is 25.8 Å². The number of aromatic hydroxyl groups is 1. The summed E-state index contributed by atoms with van der Waals surface area (Å²) in [6, 6.07) is 4.75. The van der Waals surface area contributed by atoms with E-state index in [1.807, 2.05) is 0 Å². The number of hydrogen-bond donors (Lipinski definition) is 6. The Kier molecular flexibility index (Phi) is 6.16. The zero-order valence-electron chi connectivity index (χ0n) is 13.7. The number of aliphatic hydroxyl groups excluding tert-OH is 3. The molecule has 0 bridgehead atoms. The first-order chi connectivity index (χ1) is 12.1. The molecule has 1 unspecified atom stereocenters. The smallest absolute Gasteiger partial charge is 0.386 e. The fourth-order valence-corrected chi connectivity index (χ4v) is 2.63. The van der Waals surface area contributed by atoms with Gasteiger partial charge in [-0.2, -0.15) is 0 Å². The van der Waals surface area contributed by atoms with Crippen LogP contribution in [-0.4, -0.2) is 67.4 Å². The SMILES string of the molecule is NC(Cc1ccc(O)cc1)C(=O)OOC(=O)C1(O)C[C@@H](O)C(O)[C@H](O)C1. The summed E-state index contributed by atoms with van der Waals surface area (Å²) in [6.07, 6.45) is -5.76. The van der Waals surface area contributed by atoms with Crippen LogP contribution in [0.5, 0.6) is 5.75 Å². The number of phenols is 1. The molecule has 2 rings (SSSR count). The van der Waals surface area contributed by atoms with Crippen molar-refractivity contribution >= 4 is 11.9 Å². The molecule has 0 aromatic heterocycles. The van der Waals surface area contributed by atoms with Gasteiger partial charge in [0.1, 0.15) is 17.9 Å². The quantitative estimate of drug-likeness (QED) is 0.253. The number of benzene rings is 1. The van der Waals surface area contributed by atoms with Gasteiger partial charge in [0.15, 0.2) is 5.60 Å². The molecule has 0 radical (unpaired) electrons. The van der Waals surface area contributed by atoms with E-state index in [-0.39, 0.29) is 12.2 Å². The first-order valence-electron chi connectivity index (χ1n) is 7.85. The minimum Gasteiger partial charge on any atom is -0.508 e. The highest BCUT2D eigenvalue weighted by atomic mass is 17.2. The maximum absolute atomic E-state index is 11.9. The van der Waals surface area contributed by atoms with E-state index in [1.165, 1.54) is 12.1 Å². The summed E-state index contributed by atoms with van der Waals surface area (Å²) in [4.78, 5) is 32.3. The Hall–Kier alpha value is -2.24. The zero-order valence-corrected chi connectivity index (χ0v) is 13.7. The number of nitrogens with two attached hydrogens (primary N) is 1. The summed E-state index contributed by atoms with van der Waals surface area (Å²) in [6.45, 7) is 0. The van der Waals surface area contributed by atoms with Gasteiger partial charge >= 0.3 is 11.9 Å². The van der Waals surface area contributed by atoms with Gasteiger partial charge in [-0.05, 0) is 24.1 Å². The summed E-state index contributed by atoms with van der Waals surface area (Å²) < 4.78 is 0. The molecule has 144 valence electrons. The maximum atomic E-state index is 11.9. The molecule has 0 saturated heterocycles. The molecule has 1 aromatic rings. The molecular formula is C16H21NO9. The number of carbonyl (C=O) groups is 2. The van der Waals surface area contributed by atoms with Gasteiger partial charge in [-0.25, -0.2) is 19.4 Å². The van der Waals surface area contributed by atoms with Gasteiger partial charge in [0, 0.05) is 12.8 Å². The van der Waals surface area contributed by atoms with E-state index in [0.717, 1.165) is 0 Å². The maximum Gasteiger partial charge on any atom is 0.386 e. The summed E-state index contributed by atoms with van der Waals surface area (Å²) in [7, 11) is 0. The van der Waals surface area contributed by atoms with Crippen molar-refractivity contribution in [3.05, 3.63) is 29.8 Å². The monoisotopic (exact) mass is 371 g/mol. The number of rotatable bonds is 4. The average Bonchev–Trinajstić information content (AvgIpc) is 2.59. The molecule has 0 heterocycles. The van der Waals surface area contributed by atoms with Gasteiger partial charge < -0.3 is 31.3 Å². The summed E-state index contributed by atoms with van der Waals surface area (Å²) in [5.74, 6) is -2.42. The number of carbonyl (C=O) groups excluding carboxylic acids is 2. The molecule has 7 N–H and O–H groups in total. The van der Waals surface area contributed by atoms with Crippen molar-refractivity contribution in [2.45, 2.75) is 49.2 Å². The van der Waals surface area contributed by atoms with Crippen LogP contribution < -0.4 is 5.73 Å². The van der Waals surface area contributed by atoms with Gasteiger partial charge in [-0.1, -0.05) is 12.1 Å². The molecule has 0 aliphatic heterocycles. The van der Waals surface area contributed by atoms with Gasteiger partial charge in [0.25, 0.3) is 0 Å². The molecule has 1 aromatic carbocycles. The number of aliphatic hydroxyl groups is 4. The molecule has 10 heteroatoms. The number of hydrogen-bond acceptors (Lipinski definition) is 10. The lowest BCUT2D eigenvalue weighted by Gasteiger charge is -2.37. The molecule has 1 fully saturated rings. The molecule has 0 amide bonds. The van der Waals surface area contributed by atoms with Crippen molar-refractivity contribution in [3.63, 3.8) is 0 Å². The van der Waals surface area contributed by atoms with E-state index >= 15 is 0 Å². The highest BCUT2D eigenvalue weighted by Gasteiger charge is 2.50. The van der Waals surface area contributed by atoms with E-state index in [1.54, 1.807) is 12.1 Å². The average molecular weight is 371 g/mol. The molecule has 26 heavy (non-hydrogen) atoms. The molecular weight excluding hydrogens is 350 g/mol. The molecule has 0 spiro atoms. The third-order valence-corrected chi connectivity index (χ3v) is 4.16. The molecule has 1 saturated carbocycles. The van der Waals surface area contributed by atoms with Gasteiger partial charge in [0.2, 0.25) is 0 Å². The lowest BCUT2D eigenvalue weighted by molar-refractivity contribution is -0.277. The van der Waals surface area contributed by atoms with E-state index in [4.69, 9.17) is 5.73 Å². The van der Waals surface area contributed by atoms with E-state index in [2.05, 4.69) is 9.78 Å². The van der Waals surface area contributed by atoms with E-state index in [9.17, 15) is 35.1 Å². The second-order valence-corrected chi connectivity index (χ2v) is 6.32. The first-order valence-corrected chi connectivity index (χ1v) is 7.85. The van der Waals surface area contributed by atoms with Crippen molar-refractivity contribution in [2.24, 2.45) is 5.73 Å². The van der Waals surface area contributed by atoms with Crippen LogP contribution in [0.2, 0.25) is 0 Å². The van der Waals surface area contributed by atoms with Crippen LogP contribution >= 0.6 is 0 Å². The highest BCUT2D eigenvalue weighted by molar-refractivity contribution is 5.81. The Bertz CT molecular complexity index is 636. The van der Waals surface area contributed by atoms with Crippen LogP contribution in [0.15, 0.2) is 24.3 Å². The zero-order chi connectivity index (χ0) is 19.5. The van der Waals surface area contributed by atoms with Crippen LogP contribution in [0.4, 0.5) is 0 Å². The molecule has 1 aliphatic rings. The highest BCUT2D eigenvalue weighted by Crippen LogP contribution is 2.30. The second-order valence-electron chi connectivity index (χ2n) is 6.32. The summed E-state index contributed by atoms with van der Waals surface area (Å²) >= 11 is 0. The summed E-state index contributed by atoms with van der Waals surface area (Å²) in [5.41, 5.74) is 3.95. The Morgan fingerprint density at radius 3 is 2.19 bits per heavy atom. The fourth-order valence-electron chi connectivity index (χ4n) is 2.63. The fraction of sp³-hybridized carbons (Fsp3) is 0.500. The lowest BCUT2D eigenvalue weighted by atomic mass is 9.80. The molecule has 3 atom stereocenters. The lowest BCUT2D eigenvalue weighted by Crippen LogP contribution is -2.56.